The molecule has 0 aliphatic carbocycles. The summed E-state index contributed by atoms with van der Waals surface area (Å²) in [5, 5.41) is 2.38. The zero-order chi connectivity index (χ0) is 11.3. The van der Waals surface area contributed by atoms with Crippen molar-refractivity contribution in [2.24, 2.45) is 0 Å². The Labute approximate surface area is 86.0 Å². The summed E-state index contributed by atoms with van der Waals surface area (Å²) in [7, 11) is 1.23. The molecule has 0 unspecified atom stereocenters. The fourth-order valence-electron chi connectivity index (χ4n) is 1.11. The molecule has 1 aromatic rings. The molecule has 0 fully saturated rings. The van der Waals surface area contributed by atoms with E-state index in [1.807, 2.05) is 0 Å². The van der Waals surface area contributed by atoms with E-state index in [2.05, 4.69) is 10.1 Å². The maximum Gasteiger partial charge on any atom is 0.406 e. The second-order valence-corrected chi connectivity index (χ2v) is 2.88. The fraction of sp³-hybridized carbons (Fsp3) is 0.300. The standard InChI is InChI=1S/C10H11F2NO2/c1-15-10(14)13-6-5-7-3-2-4-8(11)9(7)12/h2-4H,5-6H2,1H3,(H,13,14). The van der Waals surface area contributed by atoms with Crippen LogP contribution in [0.3, 0.4) is 0 Å². The van der Waals surface area contributed by atoms with Crippen LogP contribution in [0.5, 0.6) is 0 Å². The summed E-state index contributed by atoms with van der Waals surface area (Å²) in [6, 6.07) is 3.94. The van der Waals surface area contributed by atoms with Crippen LogP contribution in [0.1, 0.15) is 5.56 Å². The van der Waals surface area contributed by atoms with E-state index in [4.69, 9.17) is 0 Å². The van der Waals surface area contributed by atoms with Gasteiger partial charge in [-0.25, -0.2) is 13.6 Å². The summed E-state index contributed by atoms with van der Waals surface area (Å²) in [6.07, 6.45) is -0.370. The van der Waals surface area contributed by atoms with Gasteiger partial charge in [0.1, 0.15) is 0 Å². The van der Waals surface area contributed by atoms with Gasteiger partial charge in [-0.15, -0.1) is 0 Å². The van der Waals surface area contributed by atoms with Crippen molar-refractivity contribution in [3.63, 3.8) is 0 Å². The number of ether oxygens (including phenoxy) is 1. The minimum Gasteiger partial charge on any atom is -0.453 e. The number of carbonyl (C=O) groups excluding carboxylic acids is 1. The van der Waals surface area contributed by atoms with Crippen LogP contribution < -0.4 is 5.32 Å². The lowest BCUT2D eigenvalue weighted by Crippen LogP contribution is -2.25. The highest BCUT2D eigenvalue weighted by atomic mass is 19.2. The zero-order valence-corrected chi connectivity index (χ0v) is 8.22. The van der Waals surface area contributed by atoms with Gasteiger partial charge in [0.25, 0.3) is 0 Å². The molecule has 5 heteroatoms. The van der Waals surface area contributed by atoms with Crippen LogP contribution >= 0.6 is 0 Å². The van der Waals surface area contributed by atoms with Crippen molar-refractivity contribution in [3.8, 4) is 0 Å². The Bertz CT molecular complexity index is 355. The van der Waals surface area contributed by atoms with Crippen LogP contribution in [0.25, 0.3) is 0 Å². The van der Waals surface area contributed by atoms with Gasteiger partial charge in [-0.2, -0.15) is 0 Å². The fourth-order valence-corrected chi connectivity index (χ4v) is 1.11. The van der Waals surface area contributed by atoms with Crippen molar-refractivity contribution >= 4 is 6.09 Å². The Kier molecular flexibility index (Phi) is 4.03. The van der Waals surface area contributed by atoms with Crippen molar-refractivity contribution in [3.05, 3.63) is 35.4 Å². The van der Waals surface area contributed by atoms with Gasteiger partial charge in [-0.1, -0.05) is 12.1 Å². The van der Waals surface area contributed by atoms with E-state index in [1.165, 1.54) is 19.2 Å². The van der Waals surface area contributed by atoms with Crippen LogP contribution in [-0.2, 0) is 11.2 Å². The van der Waals surface area contributed by atoms with Gasteiger partial charge in [0, 0.05) is 6.54 Å². The SMILES string of the molecule is COC(=O)NCCc1cccc(F)c1F. The Morgan fingerprint density at radius 2 is 2.20 bits per heavy atom. The van der Waals surface area contributed by atoms with E-state index in [1.54, 1.807) is 0 Å². The second kappa shape index (κ2) is 5.29. The summed E-state index contributed by atoms with van der Waals surface area (Å²) in [5.74, 6) is -1.75. The quantitative estimate of drug-likeness (QED) is 0.835. The summed E-state index contributed by atoms with van der Waals surface area (Å²) >= 11 is 0. The number of hydrogen-bond acceptors (Lipinski definition) is 2. The molecule has 0 aliphatic heterocycles. The lowest BCUT2D eigenvalue weighted by Gasteiger charge is -2.05. The van der Waals surface area contributed by atoms with Crippen molar-refractivity contribution in [2.75, 3.05) is 13.7 Å². The van der Waals surface area contributed by atoms with Gasteiger partial charge < -0.3 is 10.1 Å². The van der Waals surface area contributed by atoms with Gasteiger partial charge in [0.05, 0.1) is 7.11 Å². The molecule has 15 heavy (non-hydrogen) atoms. The Hall–Kier alpha value is -1.65. The second-order valence-electron chi connectivity index (χ2n) is 2.88. The summed E-state index contributed by atoms with van der Waals surface area (Å²) in [4.78, 5) is 10.7. The smallest absolute Gasteiger partial charge is 0.406 e. The lowest BCUT2D eigenvalue weighted by atomic mass is 10.1. The average Bonchev–Trinajstić information content (AvgIpc) is 2.24. The first kappa shape index (κ1) is 11.4. The largest absolute Gasteiger partial charge is 0.453 e. The number of rotatable bonds is 3. The number of amides is 1. The molecular weight excluding hydrogens is 204 g/mol. The molecule has 0 aromatic heterocycles. The number of alkyl carbamates (subject to hydrolysis) is 1. The number of carbonyl (C=O) groups is 1. The van der Waals surface area contributed by atoms with Gasteiger partial charge in [0.2, 0.25) is 0 Å². The molecule has 0 saturated heterocycles. The normalized spacial score (nSPS) is 9.80. The molecule has 0 radical (unpaired) electrons. The molecule has 1 rings (SSSR count). The van der Waals surface area contributed by atoms with Crippen LogP contribution in [0, 0.1) is 11.6 Å². The summed E-state index contributed by atoms with van der Waals surface area (Å²) in [6.45, 7) is 0.201. The average molecular weight is 215 g/mol. The van der Waals surface area contributed by atoms with Gasteiger partial charge in [0.15, 0.2) is 11.6 Å². The zero-order valence-electron chi connectivity index (χ0n) is 8.22. The van der Waals surface area contributed by atoms with Crippen LogP contribution in [0.15, 0.2) is 18.2 Å². The minimum absolute atomic E-state index is 0.201. The van der Waals surface area contributed by atoms with Crippen molar-refractivity contribution in [2.45, 2.75) is 6.42 Å². The first-order valence-corrected chi connectivity index (χ1v) is 4.40. The van der Waals surface area contributed by atoms with E-state index >= 15 is 0 Å². The first-order valence-electron chi connectivity index (χ1n) is 4.40. The van der Waals surface area contributed by atoms with Gasteiger partial charge in [-0.3, -0.25) is 0 Å². The number of halogens is 2. The van der Waals surface area contributed by atoms with E-state index in [-0.39, 0.29) is 18.5 Å². The van der Waals surface area contributed by atoms with Crippen LogP contribution in [-0.4, -0.2) is 19.7 Å². The highest BCUT2D eigenvalue weighted by Crippen LogP contribution is 2.11. The molecular formula is C10H11F2NO2. The highest BCUT2D eigenvalue weighted by Gasteiger charge is 2.07. The molecule has 0 atom stereocenters. The molecule has 1 amide bonds. The third-order valence-corrected chi connectivity index (χ3v) is 1.88. The van der Waals surface area contributed by atoms with E-state index in [0.29, 0.717) is 0 Å². The molecule has 0 bridgehead atoms. The maximum absolute atomic E-state index is 13.1. The Morgan fingerprint density at radius 1 is 1.47 bits per heavy atom. The molecule has 0 heterocycles. The molecule has 3 nitrogen and oxygen atoms in total. The Balaban J connectivity index is 2.51. The van der Waals surface area contributed by atoms with E-state index in [9.17, 15) is 13.6 Å². The van der Waals surface area contributed by atoms with Gasteiger partial charge in [-0.05, 0) is 18.1 Å². The van der Waals surface area contributed by atoms with E-state index < -0.39 is 17.7 Å². The van der Waals surface area contributed by atoms with E-state index in [0.717, 1.165) is 6.07 Å². The van der Waals surface area contributed by atoms with Gasteiger partial charge >= 0.3 is 6.09 Å². The minimum atomic E-state index is -0.884. The summed E-state index contributed by atoms with van der Waals surface area (Å²) in [5.41, 5.74) is 0.228. The lowest BCUT2D eigenvalue weighted by molar-refractivity contribution is 0.171. The number of methoxy groups -OCH3 is 1. The Morgan fingerprint density at radius 3 is 2.87 bits per heavy atom. The highest BCUT2D eigenvalue weighted by molar-refractivity contribution is 5.66. The monoisotopic (exact) mass is 215 g/mol. The maximum atomic E-state index is 13.1. The number of nitrogens with one attached hydrogen (secondary N) is 1. The summed E-state index contributed by atoms with van der Waals surface area (Å²) < 4.78 is 30.2. The first-order chi connectivity index (χ1) is 7.15. The number of hydrogen-bond donors (Lipinski definition) is 1. The number of benzene rings is 1. The third-order valence-electron chi connectivity index (χ3n) is 1.88. The van der Waals surface area contributed by atoms with Crippen molar-refractivity contribution in [1.29, 1.82) is 0 Å². The molecule has 82 valence electrons. The molecule has 1 N–H and O–H groups in total. The predicted octanol–water partition coefficient (Wildman–Crippen LogP) is 1.86. The molecule has 1 aromatic carbocycles. The molecule has 0 spiro atoms. The molecule has 0 aliphatic rings. The van der Waals surface area contributed by atoms with Crippen molar-refractivity contribution in [1.82, 2.24) is 5.32 Å². The predicted molar refractivity (Wildman–Crippen MR) is 50.5 cm³/mol. The van der Waals surface area contributed by atoms with Crippen LogP contribution in [0.4, 0.5) is 13.6 Å². The molecule has 0 saturated carbocycles. The topological polar surface area (TPSA) is 38.3 Å². The van der Waals surface area contributed by atoms with Crippen molar-refractivity contribution < 1.29 is 18.3 Å². The van der Waals surface area contributed by atoms with Crippen LogP contribution in [0.2, 0.25) is 0 Å². The third kappa shape index (κ3) is 3.19.